The predicted molar refractivity (Wildman–Crippen MR) is 117 cm³/mol. The van der Waals surface area contributed by atoms with Crippen LogP contribution in [0.3, 0.4) is 0 Å². The zero-order valence-electron chi connectivity index (χ0n) is 17.1. The number of aryl methyl sites for hydroxylation is 1. The Balaban J connectivity index is 1.26. The lowest BCUT2D eigenvalue weighted by Crippen LogP contribution is -2.54. The fourth-order valence-electron chi connectivity index (χ4n) is 3.82. The number of carbonyl (C=O) groups is 1. The third-order valence-electron chi connectivity index (χ3n) is 5.70. The maximum atomic E-state index is 13.2. The molecular formula is C24H22FN5O. The Morgan fingerprint density at radius 1 is 1.10 bits per heavy atom. The summed E-state index contributed by atoms with van der Waals surface area (Å²) in [4.78, 5) is 19.0. The van der Waals surface area contributed by atoms with Crippen molar-refractivity contribution < 1.29 is 9.18 Å². The molecule has 1 N–H and O–H groups in total. The van der Waals surface area contributed by atoms with Gasteiger partial charge >= 0.3 is 0 Å². The summed E-state index contributed by atoms with van der Waals surface area (Å²) in [7, 11) is 0. The molecule has 7 heteroatoms. The quantitative estimate of drug-likeness (QED) is 0.541. The number of nitrogens with one attached hydrogen (secondary N) is 1. The van der Waals surface area contributed by atoms with Gasteiger partial charge in [0.05, 0.1) is 5.92 Å². The normalized spacial score (nSPS) is 13.9. The Labute approximate surface area is 179 Å². The van der Waals surface area contributed by atoms with E-state index in [9.17, 15) is 9.18 Å². The Bertz CT molecular complexity index is 1230. The second-order valence-electron chi connectivity index (χ2n) is 7.95. The number of rotatable bonds is 5. The highest BCUT2D eigenvalue weighted by atomic mass is 19.1. The number of amides is 1. The Morgan fingerprint density at radius 2 is 1.84 bits per heavy atom. The smallest absolute Gasteiger partial charge is 0.226 e. The van der Waals surface area contributed by atoms with Gasteiger partial charge in [-0.25, -0.2) is 13.9 Å². The Morgan fingerprint density at radius 3 is 2.58 bits per heavy atom. The molecule has 1 aliphatic rings. The lowest BCUT2D eigenvalue weighted by Gasteiger charge is -2.39. The number of fused-ring (bicyclic) bond motifs is 1. The van der Waals surface area contributed by atoms with Crippen LogP contribution in [0.1, 0.15) is 11.1 Å². The molecule has 1 fully saturated rings. The van der Waals surface area contributed by atoms with Crippen molar-refractivity contribution in [3.63, 3.8) is 0 Å². The van der Waals surface area contributed by atoms with Gasteiger partial charge in [-0.3, -0.25) is 4.79 Å². The molecular weight excluding hydrogens is 393 g/mol. The molecule has 0 bridgehead atoms. The number of aromatic nitrogens is 3. The van der Waals surface area contributed by atoms with Gasteiger partial charge in [-0.05, 0) is 36.2 Å². The van der Waals surface area contributed by atoms with Crippen molar-refractivity contribution in [1.82, 2.24) is 19.9 Å². The van der Waals surface area contributed by atoms with Crippen LogP contribution in [0.2, 0.25) is 0 Å². The fraction of sp³-hybridized carbons (Fsp3) is 0.208. The molecule has 6 nitrogen and oxygen atoms in total. The maximum Gasteiger partial charge on any atom is 0.226 e. The van der Waals surface area contributed by atoms with E-state index in [1.807, 2.05) is 43.5 Å². The SMILES string of the molecule is Cc1ccc(CNC(=O)C2CN(c3ncnn4cc(-c5ccc(F)cc5)cc34)C2)cc1. The second-order valence-corrected chi connectivity index (χ2v) is 7.95. The van der Waals surface area contributed by atoms with Gasteiger partial charge in [-0.2, -0.15) is 5.10 Å². The van der Waals surface area contributed by atoms with Crippen molar-refractivity contribution in [1.29, 1.82) is 0 Å². The van der Waals surface area contributed by atoms with Gasteiger partial charge in [0.25, 0.3) is 0 Å². The first-order chi connectivity index (χ1) is 15.1. The highest BCUT2D eigenvalue weighted by Crippen LogP contribution is 2.30. The van der Waals surface area contributed by atoms with Crippen LogP contribution >= 0.6 is 0 Å². The van der Waals surface area contributed by atoms with Crippen molar-refractivity contribution in [3.8, 4) is 11.1 Å². The van der Waals surface area contributed by atoms with Crippen LogP contribution in [0.15, 0.2) is 67.1 Å². The minimum atomic E-state index is -0.264. The van der Waals surface area contributed by atoms with E-state index in [4.69, 9.17) is 0 Å². The van der Waals surface area contributed by atoms with Gasteiger partial charge in [-0.1, -0.05) is 42.0 Å². The molecule has 0 aliphatic carbocycles. The molecule has 2 aromatic carbocycles. The molecule has 0 saturated carbocycles. The van der Waals surface area contributed by atoms with Crippen LogP contribution in [0.5, 0.6) is 0 Å². The van der Waals surface area contributed by atoms with Gasteiger partial charge in [0.1, 0.15) is 17.7 Å². The van der Waals surface area contributed by atoms with Crippen molar-refractivity contribution >= 4 is 17.2 Å². The third-order valence-corrected chi connectivity index (χ3v) is 5.70. The Kier molecular flexibility index (Phi) is 4.86. The summed E-state index contributed by atoms with van der Waals surface area (Å²) in [5.41, 5.74) is 5.01. The number of anilines is 1. The molecule has 1 saturated heterocycles. The van der Waals surface area contributed by atoms with E-state index < -0.39 is 0 Å². The fourth-order valence-corrected chi connectivity index (χ4v) is 3.82. The molecule has 0 atom stereocenters. The number of benzene rings is 2. The first kappa shape index (κ1) is 19.2. The van der Waals surface area contributed by atoms with Crippen LogP contribution in [-0.2, 0) is 11.3 Å². The van der Waals surface area contributed by atoms with Crippen molar-refractivity contribution in [2.45, 2.75) is 13.5 Å². The van der Waals surface area contributed by atoms with Gasteiger partial charge in [0.2, 0.25) is 5.91 Å². The van der Waals surface area contributed by atoms with Crippen LogP contribution in [0.25, 0.3) is 16.6 Å². The van der Waals surface area contributed by atoms with E-state index >= 15 is 0 Å². The van der Waals surface area contributed by atoms with E-state index in [2.05, 4.69) is 20.3 Å². The first-order valence-corrected chi connectivity index (χ1v) is 10.2. The average molecular weight is 415 g/mol. The predicted octanol–water partition coefficient (Wildman–Crippen LogP) is 3.60. The van der Waals surface area contributed by atoms with E-state index in [1.165, 1.54) is 24.0 Å². The minimum absolute atomic E-state index is 0.0595. The van der Waals surface area contributed by atoms with Crippen LogP contribution in [0.4, 0.5) is 10.2 Å². The number of hydrogen-bond donors (Lipinski definition) is 1. The number of nitrogens with zero attached hydrogens (tertiary/aromatic N) is 4. The monoisotopic (exact) mass is 415 g/mol. The standard InChI is InChI=1S/C24H22FN5O/c1-16-2-4-17(5-3-16)11-26-24(31)20-12-29(13-20)23-22-10-19(14-30(22)28-15-27-23)18-6-8-21(25)9-7-18/h2-10,14-15,20H,11-13H2,1H3,(H,26,31). The maximum absolute atomic E-state index is 13.2. The van der Waals surface area contributed by atoms with E-state index in [1.54, 1.807) is 16.6 Å². The topological polar surface area (TPSA) is 62.5 Å². The summed E-state index contributed by atoms with van der Waals surface area (Å²) in [6, 6.07) is 16.5. The summed E-state index contributed by atoms with van der Waals surface area (Å²) in [6.07, 6.45) is 3.42. The summed E-state index contributed by atoms with van der Waals surface area (Å²) in [5, 5.41) is 7.32. The number of halogens is 1. The largest absolute Gasteiger partial charge is 0.353 e. The van der Waals surface area contributed by atoms with E-state index in [-0.39, 0.29) is 17.6 Å². The summed E-state index contributed by atoms with van der Waals surface area (Å²) >= 11 is 0. The van der Waals surface area contributed by atoms with Crippen molar-refractivity contribution in [3.05, 3.63) is 84.1 Å². The first-order valence-electron chi connectivity index (χ1n) is 10.2. The van der Waals surface area contributed by atoms with Gasteiger partial charge < -0.3 is 10.2 Å². The number of carbonyl (C=O) groups excluding carboxylic acids is 1. The van der Waals surface area contributed by atoms with E-state index in [0.29, 0.717) is 19.6 Å². The van der Waals surface area contributed by atoms with Gasteiger partial charge in [-0.15, -0.1) is 0 Å². The summed E-state index contributed by atoms with van der Waals surface area (Å²) < 4.78 is 15.0. The van der Waals surface area contributed by atoms with Crippen LogP contribution < -0.4 is 10.2 Å². The molecule has 156 valence electrons. The minimum Gasteiger partial charge on any atom is -0.353 e. The number of hydrogen-bond acceptors (Lipinski definition) is 4. The molecule has 0 spiro atoms. The molecule has 31 heavy (non-hydrogen) atoms. The molecule has 0 radical (unpaired) electrons. The van der Waals surface area contributed by atoms with Gasteiger partial charge in [0, 0.05) is 31.4 Å². The summed E-state index contributed by atoms with van der Waals surface area (Å²) in [6.45, 7) is 3.81. The summed E-state index contributed by atoms with van der Waals surface area (Å²) in [5.74, 6) is 0.530. The third kappa shape index (κ3) is 3.86. The Hall–Kier alpha value is -3.74. The highest BCUT2D eigenvalue weighted by Gasteiger charge is 2.34. The molecule has 3 heterocycles. The molecule has 1 aliphatic heterocycles. The van der Waals surface area contributed by atoms with E-state index in [0.717, 1.165) is 28.0 Å². The molecule has 0 unspecified atom stereocenters. The zero-order chi connectivity index (χ0) is 21.4. The molecule has 2 aromatic heterocycles. The zero-order valence-corrected chi connectivity index (χ0v) is 17.1. The highest BCUT2D eigenvalue weighted by molar-refractivity contribution is 5.84. The molecule has 4 aromatic rings. The average Bonchev–Trinajstić information content (AvgIpc) is 3.18. The van der Waals surface area contributed by atoms with Crippen LogP contribution in [-0.4, -0.2) is 33.6 Å². The van der Waals surface area contributed by atoms with Gasteiger partial charge in [0.15, 0.2) is 5.82 Å². The van der Waals surface area contributed by atoms with Crippen molar-refractivity contribution in [2.24, 2.45) is 5.92 Å². The molecule has 1 amide bonds. The lowest BCUT2D eigenvalue weighted by molar-refractivity contribution is -0.125. The second kappa shape index (κ2) is 7.83. The van der Waals surface area contributed by atoms with Crippen LogP contribution in [0, 0.1) is 18.7 Å². The molecule has 5 rings (SSSR count). The van der Waals surface area contributed by atoms with Crippen molar-refractivity contribution in [2.75, 3.05) is 18.0 Å². The lowest BCUT2D eigenvalue weighted by atomic mass is 9.99.